The molecular weight excluding hydrogens is 324 g/mol. The van der Waals surface area contributed by atoms with Crippen molar-refractivity contribution in [2.24, 2.45) is 0 Å². The van der Waals surface area contributed by atoms with Gasteiger partial charge in [0.15, 0.2) is 0 Å². The Morgan fingerprint density at radius 3 is 2.76 bits per heavy atom. The molecule has 0 radical (unpaired) electrons. The molecule has 1 aliphatic heterocycles. The number of nitro groups is 1. The van der Waals surface area contributed by atoms with Crippen LogP contribution >= 0.6 is 0 Å². The predicted molar refractivity (Wildman–Crippen MR) is 91.7 cm³/mol. The molecule has 0 unspecified atom stereocenters. The van der Waals surface area contributed by atoms with Gasteiger partial charge in [-0.05, 0) is 18.9 Å². The fraction of sp³-hybridized carbons (Fsp3) is 0.312. The summed E-state index contributed by atoms with van der Waals surface area (Å²) in [7, 11) is 0. The van der Waals surface area contributed by atoms with Gasteiger partial charge in [0.2, 0.25) is 0 Å². The zero-order chi connectivity index (χ0) is 17.4. The molecule has 1 fully saturated rings. The van der Waals surface area contributed by atoms with Crippen molar-refractivity contribution in [3.8, 4) is 0 Å². The summed E-state index contributed by atoms with van der Waals surface area (Å²) >= 11 is 0. The van der Waals surface area contributed by atoms with Gasteiger partial charge in [0.1, 0.15) is 5.69 Å². The van der Waals surface area contributed by atoms with Crippen molar-refractivity contribution in [3.05, 3.63) is 57.6 Å². The zero-order valence-corrected chi connectivity index (χ0v) is 13.3. The molecule has 0 amide bonds. The van der Waals surface area contributed by atoms with E-state index in [-0.39, 0.29) is 16.6 Å². The van der Waals surface area contributed by atoms with Crippen LogP contribution in [0.3, 0.4) is 0 Å². The molecule has 0 aliphatic carbocycles. The van der Waals surface area contributed by atoms with Crippen molar-refractivity contribution in [3.63, 3.8) is 0 Å². The van der Waals surface area contributed by atoms with Crippen molar-refractivity contribution in [1.82, 2.24) is 19.5 Å². The molecule has 25 heavy (non-hydrogen) atoms. The molecule has 0 atom stereocenters. The van der Waals surface area contributed by atoms with Crippen LogP contribution in [-0.2, 0) is 0 Å². The number of aromatic nitrogens is 4. The molecule has 0 bridgehead atoms. The van der Waals surface area contributed by atoms with Crippen LogP contribution in [0.15, 0.2) is 42.0 Å². The fourth-order valence-corrected chi connectivity index (χ4v) is 3.38. The fourth-order valence-electron chi connectivity index (χ4n) is 3.38. The van der Waals surface area contributed by atoms with E-state index >= 15 is 0 Å². The van der Waals surface area contributed by atoms with Gasteiger partial charge in [-0.2, -0.15) is 0 Å². The number of nitrogens with zero attached hydrogens (tertiary/aromatic N) is 5. The Balaban J connectivity index is 1.68. The number of hydrogen-bond acceptors (Lipinski definition) is 6. The summed E-state index contributed by atoms with van der Waals surface area (Å²) in [6.45, 7) is 1.39. The van der Waals surface area contributed by atoms with Gasteiger partial charge in [0.25, 0.3) is 11.2 Å². The SMILES string of the molecule is O=c1[nH]cnc2cc(N3CCC(n4ccnc4)CC3)c([N+](=O)[O-])cc12. The van der Waals surface area contributed by atoms with E-state index in [0.29, 0.717) is 30.3 Å². The van der Waals surface area contributed by atoms with Crippen LogP contribution in [-0.4, -0.2) is 37.5 Å². The maximum absolute atomic E-state index is 11.9. The minimum atomic E-state index is -0.441. The lowest BCUT2D eigenvalue weighted by molar-refractivity contribution is -0.384. The number of piperidine rings is 1. The minimum Gasteiger partial charge on any atom is -0.366 e. The monoisotopic (exact) mass is 340 g/mol. The van der Waals surface area contributed by atoms with E-state index in [4.69, 9.17) is 0 Å². The Morgan fingerprint density at radius 2 is 2.08 bits per heavy atom. The molecule has 1 aliphatic rings. The number of rotatable bonds is 3. The number of nitrogens with one attached hydrogen (secondary N) is 1. The lowest BCUT2D eigenvalue weighted by Crippen LogP contribution is -2.34. The Kier molecular flexibility index (Phi) is 3.68. The van der Waals surface area contributed by atoms with Gasteiger partial charge in [-0.3, -0.25) is 14.9 Å². The number of benzene rings is 1. The predicted octanol–water partition coefficient (Wildman–Crippen LogP) is 1.87. The zero-order valence-electron chi connectivity index (χ0n) is 13.3. The van der Waals surface area contributed by atoms with Gasteiger partial charge < -0.3 is 14.5 Å². The topological polar surface area (TPSA) is 110 Å². The average Bonchev–Trinajstić information content (AvgIpc) is 3.16. The van der Waals surface area contributed by atoms with Crippen molar-refractivity contribution in [1.29, 1.82) is 0 Å². The highest BCUT2D eigenvalue weighted by Crippen LogP contribution is 2.34. The van der Waals surface area contributed by atoms with Crippen LogP contribution in [0.2, 0.25) is 0 Å². The van der Waals surface area contributed by atoms with Crippen molar-refractivity contribution >= 4 is 22.3 Å². The second-order valence-corrected chi connectivity index (χ2v) is 6.07. The normalized spacial score (nSPS) is 15.6. The smallest absolute Gasteiger partial charge is 0.293 e. The number of aromatic amines is 1. The first-order valence-corrected chi connectivity index (χ1v) is 8.01. The summed E-state index contributed by atoms with van der Waals surface area (Å²) in [6.07, 6.45) is 8.54. The van der Waals surface area contributed by atoms with Crippen molar-refractivity contribution in [2.75, 3.05) is 18.0 Å². The van der Waals surface area contributed by atoms with Gasteiger partial charge in [0, 0.05) is 37.6 Å². The van der Waals surface area contributed by atoms with Gasteiger partial charge >= 0.3 is 0 Å². The number of anilines is 1. The molecule has 9 nitrogen and oxygen atoms in total. The molecule has 1 N–H and O–H groups in total. The molecule has 9 heteroatoms. The van der Waals surface area contributed by atoms with Crippen molar-refractivity contribution in [2.45, 2.75) is 18.9 Å². The second kappa shape index (κ2) is 6.00. The van der Waals surface area contributed by atoms with Crippen molar-refractivity contribution < 1.29 is 4.92 Å². The molecular formula is C16H16N6O3. The lowest BCUT2D eigenvalue weighted by atomic mass is 10.0. The molecule has 3 heterocycles. The standard InChI is InChI=1S/C16H16N6O3/c23-16-12-7-15(22(24)25)14(8-13(12)18-9-19-16)20-4-1-11(2-5-20)21-6-3-17-10-21/h3,6-11H,1-2,4-5H2,(H,18,19,23). The van der Waals surface area contributed by atoms with Gasteiger partial charge in [-0.15, -0.1) is 0 Å². The number of nitro benzene ring substituents is 1. The van der Waals surface area contributed by atoms with E-state index in [1.807, 2.05) is 11.1 Å². The molecule has 2 aromatic heterocycles. The Hall–Kier alpha value is -3.23. The number of hydrogen-bond donors (Lipinski definition) is 1. The molecule has 128 valence electrons. The van der Waals surface area contributed by atoms with Gasteiger partial charge in [-0.1, -0.05) is 0 Å². The molecule has 1 saturated heterocycles. The van der Waals surface area contributed by atoms with Gasteiger partial charge in [-0.25, -0.2) is 9.97 Å². The number of fused-ring (bicyclic) bond motifs is 1. The van der Waals surface area contributed by atoms with Crippen LogP contribution in [0.25, 0.3) is 10.9 Å². The third-order valence-corrected chi connectivity index (χ3v) is 4.69. The van der Waals surface area contributed by atoms with Crippen LogP contribution in [0.5, 0.6) is 0 Å². The van der Waals surface area contributed by atoms with Crippen LogP contribution in [0.1, 0.15) is 18.9 Å². The Morgan fingerprint density at radius 1 is 1.28 bits per heavy atom. The summed E-state index contributed by atoms with van der Waals surface area (Å²) in [5, 5.41) is 11.7. The van der Waals surface area contributed by atoms with Gasteiger partial charge in [0.05, 0.1) is 28.5 Å². The minimum absolute atomic E-state index is 0.0629. The number of H-pyrrole nitrogens is 1. The van der Waals surface area contributed by atoms with E-state index in [1.54, 1.807) is 18.6 Å². The maximum Gasteiger partial charge on any atom is 0.293 e. The second-order valence-electron chi connectivity index (χ2n) is 6.07. The molecule has 1 aromatic carbocycles. The summed E-state index contributed by atoms with van der Waals surface area (Å²) in [4.78, 5) is 35.6. The largest absolute Gasteiger partial charge is 0.366 e. The van der Waals surface area contributed by atoms with Crippen LogP contribution < -0.4 is 10.5 Å². The highest BCUT2D eigenvalue weighted by molar-refractivity contribution is 5.87. The first-order chi connectivity index (χ1) is 12.1. The average molecular weight is 340 g/mol. The summed E-state index contributed by atoms with van der Waals surface area (Å²) < 4.78 is 2.08. The maximum atomic E-state index is 11.9. The van der Waals surface area contributed by atoms with E-state index in [2.05, 4.69) is 19.5 Å². The lowest BCUT2D eigenvalue weighted by Gasteiger charge is -2.33. The highest BCUT2D eigenvalue weighted by Gasteiger charge is 2.26. The molecule has 0 spiro atoms. The third kappa shape index (κ3) is 2.73. The molecule has 0 saturated carbocycles. The first kappa shape index (κ1) is 15.3. The first-order valence-electron chi connectivity index (χ1n) is 8.01. The van der Waals surface area contributed by atoms with E-state index < -0.39 is 4.92 Å². The number of imidazole rings is 1. The Bertz CT molecular complexity index is 973. The summed E-state index contributed by atoms with van der Waals surface area (Å²) in [5.74, 6) is 0. The van der Waals surface area contributed by atoms with E-state index in [9.17, 15) is 14.9 Å². The highest BCUT2D eigenvalue weighted by atomic mass is 16.6. The molecule has 3 aromatic rings. The summed E-state index contributed by atoms with van der Waals surface area (Å²) in [6, 6.07) is 3.30. The van der Waals surface area contributed by atoms with E-state index in [0.717, 1.165) is 12.8 Å². The van der Waals surface area contributed by atoms with Crippen LogP contribution in [0, 0.1) is 10.1 Å². The Labute approximate surface area is 142 Å². The molecule has 4 rings (SSSR count). The summed E-state index contributed by atoms with van der Waals surface area (Å²) in [5.41, 5.74) is 0.534. The van der Waals surface area contributed by atoms with Crippen LogP contribution in [0.4, 0.5) is 11.4 Å². The third-order valence-electron chi connectivity index (χ3n) is 4.69. The quantitative estimate of drug-likeness (QED) is 0.576. The van der Waals surface area contributed by atoms with E-state index in [1.165, 1.54) is 12.4 Å².